The Morgan fingerprint density at radius 2 is 1.89 bits per heavy atom. The highest BCUT2D eigenvalue weighted by molar-refractivity contribution is 7.89. The van der Waals surface area contributed by atoms with Crippen LogP contribution in [0.3, 0.4) is 0 Å². The van der Waals surface area contributed by atoms with E-state index in [1.165, 1.54) is 25.6 Å². The van der Waals surface area contributed by atoms with Crippen molar-refractivity contribution in [3.05, 3.63) is 42.2 Å². The lowest BCUT2D eigenvalue weighted by Gasteiger charge is -2.32. The van der Waals surface area contributed by atoms with Gasteiger partial charge in [-0.25, -0.2) is 13.4 Å². The number of sulfonamides is 1. The van der Waals surface area contributed by atoms with Crippen LogP contribution in [0.5, 0.6) is 5.75 Å². The Kier molecular flexibility index (Phi) is 7.73. The highest BCUT2D eigenvalue weighted by Gasteiger charge is 2.36. The quantitative estimate of drug-likeness (QED) is 0.421. The molecule has 1 amide bonds. The molecular weight excluding hydrogens is 515 g/mol. The number of alkyl halides is 3. The number of fused-ring (bicyclic) bond motifs is 1. The number of aromatic nitrogens is 2. The third-order valence-corrected chi connectivity index (χ3v) is 7.89. The second-order valence-corrected chi connectivity index (χ2v) is 10.4. The van der Waals surface area contributed by atoms with Crippen molar-refractivity contribution in [2.75, 3.05) is 53.5 Å². The summed E-state index contributed by atoms with van der Waals surface area (Å²) in [7, 11) is -0.904. The van der Waals surface area contributed by atoms with Gasteiger partial charge >= 0.3 is 6.36 Å². The number of hydrogen-bond donors (Lipinski definition) is 2. The molecule has 2 aromatic heterocycles. The van der Waals surface area contributed by atoms with Gasteiger partial charge in [-0.3, -0.25) is 4.79 Å². The number of ether oxygens (including phenoxy) is 2. The monoisotopic (exact) mass is 541 g/mol. The fourth-order valence-corrected chi connectivity index (χ4v) is 5.50. The molecule has 1 saturated heterocycles. The molecule has 0 bridgehead atoms. The van der Waals surface area contributed by atoms with Crippen molar-refractivity contribution in [1.29, 1.82) is 0 Å². The van der Waals surface area contributed by atoms with Gasteiger partial charge in [0.2, 0.25) is 10.0 Å². The minimum atomic E-state index is -5.11. The molecule has 1 aliphatic rings. The maximum absolute atomic E-state index is 13.3. The number of nitrogens with one attached hydrogen (secondary N) is 2. The van der Waals surface area contributed by atoms with Crippen LogP contribution >= 0.6 is 0 Å². The van der Waals surface area contributed by atoms with E-state index >= 15 is 0 Å². The lowest BCUT2D eigenvalue weighted by atomic mass is 10.1. The summed E-state index contributed by atoms with van der Waals surface area (Å²) in [6.45, 7) is 1.82. The van der Waals surface area contributed by atoms with E-state index in [4.69, 9.17) is 4.74 Å². The molecule has 0 radical (unpaired) electrons. The van der Waals surface area contributed by atoms with Crippen LogP contribution in [0.1, 0.15) is 10.4 Å². The molecule has 0 unspecified atom stereocenters. The van der Waals surface area contributed by atoms with Crippen LogP contribution in [0.2, 0.25) is 0 Å². The molecular formula is C23H26F3N5O5S. The maximum Gasteiger partial charge on any atom is 0.573 e. The molecule has 1 aromatic carbocycles. The standard InChI is InChI=1S/C23H26F3N5O5S/c1-30-6-8-31(9-7-30)37(33,34)20-4-3-15(12-19(20)36-23(24,25)26)16-11-17-18(14-29-21(17)28-13-16)22(32)27-5-10-35-2/h3-4,11-14H,5-10H2,1-2H3,(H,27,32)(H,28,29). The number of carbonyl (C=O) groups excluding carboxylic acids is 1. The first-order valence-corrected chi connectivity index (χ1v) is 12.8. The van der Waals surface area contributed by atoms with Crippen LogP contribution in [-0.2, 0) is 14.8 Å². The number of likely N-dealkylation sites (N-methyl/N-ethyl adjacent to an activating group) is 1. The molecule has 2 N–H and O–H groups in total. The number of benzene rings is 1. The van der Waals surface area contributed by atoms with E-state index in [0.717, 1.165) is 16.4 Å². The topological polar surface area (TPSA) is 117 Å². The second kappa shape index (κ2) is 10.7. The number of carbonyl (C=O) groups is 1. The van der Waals surface area contributed by atoms with Crippen LogP contribution in [0.25, 0.3) is 22.2 Å². The van der Waals surface area contributed by atoms with Crippen LogP contribution in [0.15, 0.2) is 41.6 Å². The Balaban J connectivity index is 1.72. The zero-order chi connectivity index (χ0) is 26.8. The van der Waals surface area contributed by atoms with Crippen molar-refractivity contribution in [2.45, 2.75) is 11.3 Å². The molecule has 14 heteroatoms. The van der Waals surface area contributed by atoms with Gasteiger partial charge in [0.05, 0.1) is 12.2 Å². The van der Waals surface area contributed by atoms with E-state index in [1.54, 1.807) is 6.07 Å². The predicted octanol–water partition coefficient (Wildman–Crippen LogP) is 2.44. The molecule has 37 heavy (non-hydrogen) atoms. The van der Waals surface area contributed by atoms with Gasteiger partial charge in [-0.05, 0) is 30.8 Å². The first-order valence-electron chi connectivity index (χ1n) is 11.3. The Morgan fingerprint density at radius 1 is 1.16 bits per heavy atom. The fourth-order valence-electron chi connectivity index (χ4n) is 3.98. The van der Waals surface area contributed by atoms with Crippen molar-refractivity contribution in [2.24, 2.45) is 0 Å². The van der Waals surface area contributed by atoms with Crippen molar-refractivity contribution in [1.82, 2.24) is 24.5 Å². The smallest absolute Gasteiger partial charge is 0.404 e. The van der Waals surface area contributed by atoms with Gasteiger partial charge in [0.25, 0.3) is 5.91 Å². The van der Waals surface area contributed by atoms with Gasteiger partial charge in [-0.15, -0.1) is 13.2 Å². The van der Waals surface area contributed by atoms with Gasteiger partial charge in [0, 0.05) is 63.2 Å². The van der Waals surface area contributed by atoms with Gasteiger partial charge < -0.3 is 24.7 Å². The highest BCUT2D eigenvalue weighted by atomic mass is 32.2. The Bertz CT molecular complexity index is 1390. The molecule has 1 fully saturated rings. The minimum Gasteiger partial charge on any atom is -0.404 e. The van der Waals surface area contributed by atoms with E-state index in [9.17, 15) is 26.4 Å². The average molecular weight is 542 g/mol. The second-order valence-electron chi connectivity index (χ2n) is 8.49. The van der Waals surface area contributed by atoms with E-state index in [2.05, 4.69) is 20.0 Å². The number of amides is 1. The largest absolute Gasteiger partial charge is 0.573 e. The maximum atomic E-state index is 13.3. The van der Waals surface area contributed by atoms with E-state index in [1.807, 2.05) is 11.9 Å². The minimum absolute atomic E-state index is 0.148. The summed E-state index contributed by atoms with van der Waals surface area (Å²) >= 11 is 0. The Hall–Kier alpha value is -3.20. The summed E-state index contributed by atoms with van der Waals surface area (Å²) in [5, 5.41) is 3.14. The first-order chi connectivity index (χ1) is 17.5. The average Bonchev–Trinajstić information content (AvgIpc) is 3.26. The van der Waals surface area contributed by atoms with E-state index in [-0.39, 0.29) is 31.1 Å². The number of H-pyrrole nitrogens is 1. The highest BCUT2D eigenvalue weighted by Crippen LogP contribution is 2.36. The SMILES string of the molecule is COCCNC(=O)c1c[nH]c2ncc(-c3ccc(S(=O)(=O)N4CCN(C)CC4)c(OC(F)(F)F)c3)cc12. The molecule has 4 rings (SSSR count). The molecule has 10 nitrogen and oxygen atoms in total. The Morgan fingerprint density at radius 3 is 2.57 bits per heavy atom. The van der Waals surface area contributed by atoms with Crippen LogP contribution in [0.4, 0.5) is 13.2 Å². The molecule has 1 aliphatic heterocycles. The zero-order valence-corrected chi connectivity index (χ0v) is 20.9. The zero-order valence-electron chi connectivity index (χ0n) is 20.1. The summed E-state index contributed by atoms with van der Waals surface area (Å²) < 4.78 is 76.4. The van der Waals surface area contributed by atoms with Crippen molar-refractivity contribution >= 4 is 27.0 Å². The number of hydrogen-bond acceptors (Lipinski definition) is 7. The third-order valence-electron chi connectivity index (χ3n) is 5.95. The molecule has 200 valence electrons. The number of halogens is 3. The number of aromatic amines is 1. The number of methoxy groups -OCH3 is 1. The number of nitrogens with zero attached hydrogens (tertiary/aromatic N) is 3. The van der Waals surface area contributed by atoms with Crippen molar-refractivity contribution < 1.29 is 35.9 Å². The van der Waals surface area contributed by atoms with Gasteiger partial charge in [0.15, 0.2) is 0 Å². The third kappa shape index (κ3) is 6.04. The molecule has 3 aromatic rings. The number of rotatable bonds is 8. The summed E-state index contributed by atoms with van der Waals surface area (Å²) in [6, 6.07) is 5.10. The molecule has 0 aliphatic carbocycles. The first kappa shape index (κ1) is 26.9. The lowest BCUT2D eigenvalue weighted by Crippen LogP contribution is -2.47. The van der Waals surface area contributed by atoms with Crippen molar-refractivity contribution in [3.8, 4) is 16.9 Å². The van der Waals surface area contributed by atoms with E-state index < -0.39 is 27.0 Å². The van der Waals surface area contributed by atoms with Crippen LogP contribution < -0.4 is 10.1 Å². The molecule has 0 spiro atoms. The predicted molar refractivity (Wildman–Crippen MR) is 129 cm³/mol. The summed E-state index contributed by atoms with van der Waals surface area (Å²) in [6.07, 6.45) is -2.22. The molecule has 3 heterocycles. The van der Waals surface area contributed by atoms with Crippen LogP contribution in [0, 0.1) is 0 Å². The lowest BCUT2D eigenvalue weighted by molar-refractivity contribution is -0.275. The van der Waals surface area contributed by atoms with Crippen molar-refractivity contribution in [3.63, 3.8) is 0 Å². The summed E-state index contributed by atoms with van der Waals surface area (Å²) in [5.41, 5.74) is 1.30. The molecule has 0 saturated carbocycles. The normalized spacial score (nSPS) is 15.7. The summed E-state index contributed by atoms with van der Waals surface area (Å²) in [4.78, 5) is 21.0. The number of piperazine rings is 1. The number of pyridine rings is 1. The van der Waals surface area contributed by atoms with E-state index in [0.29, 0.717) is 41.9 Å². The van der Waals surface area contributed by atoms with Gasteiger partial charge in [-0.1, -0.05) is 6.07 Å². The fraction of sp³-hybridized carbons (Fsp3) is 0.391. The molecule has 0 atom stereocenters. The van der Waals surface area contributed by atoms with Gasteiger partial charge in [0.1, 0.15) is 16.3 Å². The van der Waals surface area contributed by atoms with Gasteiger partial charge in [-0.2, -0.15) is 4.31 Å². The Labute approximate surface area is 211 Å². The van der Waals surface area contributed by atoms with Crippen LogP contribution in [-0.4, -0.2) is 93.3 Å². The summed E-state index contributed by atoms with van der Waals surface area (Å²) in [5.74, 6) is -1.22.